The van der Waals surface area contributed by atoms with E-state index in [2.05, 4.69) is 4.94 Å². The fraction of sp³-hybridized carbons (Fsp3) is 0.143. The van der Waals surface area contributed by atoms with Crippen LogP contribution in [-0.2, 0) is 0 Å². The maximum atomic E-state index is 12.9. The summed E-state index contributed by atoms with van der Waals surface area (Å²) in [5.41, 5.74) is -0.379. The van der Waals surface area contributed by atoms with Crippen molar-refractivity contribution >= 4 is 23.2 Å². The first-order valence-electron chi connectivity index (χ1n) is 3.11. The van der Waals surface area contributed by atoms with Crippen LogP contribution in [0, 0.1) is 18.6 Å². The van der Waals surface area contributed by atoms with E-state index < -0.39 is 27.4 Å². The molecule has 0 aromatic heterocycles. The first kappa shape index (κ1) is 10.5. The standard InChI is InChI=1S/C7H3Cl2F3O/c1-2-5(10)3(8)7(13-12)4(9)6(2)11/h1H3. The van der Waals surface area contributed by atoms with Crippen molar-refractivity contribution in [3.05, 3.63) is 27.2 Å². The van der Waals surface area contributed by atoms with E-state index in [0.29, 0.717) is 0 Å². The van der Waals surface area contributed by atoms with Crippen molar-refractivity contribution in [2.24, 2.45) is 0 Å². The Morgan fingerprint density at radius 1 is 1.08 bits per heavy atom. The minimum atomic E-state index is -1.09. The predicted octanol–water partition coefficient (Wildman–Crippen LogP) is 3.84. The minimum Gasteiger partial charge on any atom is -0.291 e. The lowest BCUT2D eigenvalue weighted by atomic mass is 10.2. The van der Waals surface area contributed by atoms with Gasteiger partial charge in [0.15, 0.2) is 11.6 Å². The van der Waals surface area contributed by atoms with Crippen molar-refractivity contribution in [3.8, 4) is 5.75 Å². The molecule has 0 fully saturated rings. The number of benzene rings is 1. The highest BCUT2D eigenvalue weighted by Crippen LogP contribution is 2.39. The molecule has 0 amide bonds. The summed E-state index contributed by atoms with van der Waals surface area (Å²) in [6.45, 7) is 1.13. The summed E-state index contributed by atoms with van der Waals surface area (Å²) >= 11 is 10.6. The quantitative estimate of drug-likeness (QED) is 0.667. The Bertz CT molecular complexity index is 325. The third-order valence-electron chi connectivity index (χ3n) is 1.52. The van der Waals surface area contributed by atoms with Gasteiger partial charge in [0.05, 0.1) is 0 Å². The smallest absolute Gasteiger partial charge is 0.214 e. The maximum absolute atomic E-state index is 12.9. The normalized spacial score (nSPS) is 10.3. The van der Waals surface area contributed by atoms with Crippen LogP contribution < -0.4 is 4.94 Å². The SMILES string of the molecule is Cc1c(F)c(Cl)c(OF)c(Cl)c1F. The highest BCUT2D eigenvalue weighted by Gasteiger charge is 2.22. The number of halogens is 5. The van der Waals surface area contributed by atoms with Gasteiger partial charge >= 0.3 is 0 Å². The summed E-state index contributed by atoms with van der Waals surface area (Å²) in [4.78, 5) is 3.15. The van der Waals surface area contributed by atoms with E-state index in [9.17, 15) is 13.3 Å². The van der Waals surface area contributed by atoms with E-state index in [1.807, 2.05) is 0 Å². The van der Waals surface area contributed by atoms with Gasteiger partial charge in [-0.05, 0) is 6.92 Å². The number of rotatable bonds is 1. The van der Waals surface area contributed by atoms with E-state index >= 15 is 0 Å². The Morgan fingerprint density at radius 3 is 1.77 bits per heavy atom. The first-order valence-corrected chi connectivity index (χ1v) is 3.87. The Hall–Kier alpha value is -0.610. The van der Waals surface area contributed by atoms with E-state index in [1.165, 1.54) is 0 Å². The highest BCUT2D eigenvalue weighted by atomic mass is 35.5. The summed E-state index contributed by atoms with van der Waals surface area (Å²) in [6.07, 6.45) is 0. The van der Waals surface area contributed by atoms with E-state index in [-0.39, 0.29) is 5.56 Å². The van der Waals surface area contributed by atoms with Gasteiger partial charge in [0.25, 0.3) is 0 Å². The zero-order valence-electron chi connectivity index (χ0n) is 6.30. The molecule has 6 heteroatoms. The Balaban J connectivity index is 3.56. The van der Waals surface area contributed by atoms with Crippen LogP contribution in [0.2, 0.25) is 10.0 Å². The van der Waals surface area contributed by atoms with Gasteiger partial charge in [-0.1, -0.05) is 23.2 Å². The zero-order valence-corrected chi connectivity index (χ0v) is 7.81. The average Bonchev–Trinajstić information content (AvgIpc) is 2.13. The zero-order chi connectivity index (χ0) is 10.2. The summed E-state index contributed by atoms with van der Waals surface area (Å²) in [6, 6.07) is 0. The molecular weight excluding hydrogens is 228 g/mol. The highest BCUT2D eigenvalue weighted by molar-refractivity contribution is 6.37. The summed E-state index contributed by atoms with van der Waals surface area (Å²) in [5, 5.41) is -1.35. The second-order valence-corrected chi connectivity index (χ2v) is 3.04. The molecule has 0 unspecified atom stereocenters. The largest absolute Gasteiger partial charge is 0.291 e. The van der Waals surface area contributed by atoms with Crippen LogP contribution in [0.3, 0.4) is 0 Å². The number of hydrogen-bond donors (Lipinski definition) is 0. The van der Waals surface area contributed by atoms with Crippen molar-refractivity contribution in [1.29, 1.82) is 0 Å². The Labute approximate surface area is 81.9 Å². The molecule has 0 saturated heterocycles. The van der Waals surface area contributed by atoms with Gasteiger partial charge in [-0.25, -0.2) is 8.78 Å². The second-order valence-electron chi connectivity index (χ2n) is 2.29. The van der Waals surface area contributed by atoms with Crippen molar-refractivity contribution in [3.63, 3.8) is 0 Å². The van der Waals surface area contributed by atoms with Crippen LogP contribution in [0.1, 0.15) is 5.56 Å². The van der Waals surface area contributed by atoms with Crippen LogP contribution in [0.5, 0.6) is 5.75 Å². The van der Waals surface area contributed by atoms with Gasteiger partial charge < -0.3 is 0 Å². The predicted molar refractivity (Wildman–Crippen MR) is 42.9 cm³/mol. The van der Waals surface area contributed by atoms with Crippen LogP contribution >= 0.6 is 23.2 Å². The molecule has 72 valence electrons. The van der Waals surface area contributed by atoms with Gasteiger partial charge in [-0.2, -0.15) is 0 Å². The Kier molecular flexibility index (Phi) is 2.93. The van der Waals surface area contributed by atoms with Gasteiger partial charge in [0, 0.05) is 10.1 Å². The molecule has 0 saturated carbocycles. The summed E-state index contributed by atoms with van der Waals surface area (Å²) in [7, 11) is 0. The van der Waals surface area contributed by atoms with Crippen LogP contribution in [0.25, 0.3) is 0 Å². The molecule has 0 N–H and O–H groups in total. The maximum Gasteiger partial charge on any atom is 0.214 e. The molecule has 13 heavy (non-hydrogen) atoms. The summed E-state index contributed by atoms with van der Waals surface area (Å²) in [5.74, 6) is -3.02. The van der Waals surface area contributed by atoms with Crippen LogP contribution in [0.15, 0.2) is 0 Å². The molecule has 0 radical (unpaired) electrons. The minimum absolute atomic E-state index is 0.379. The molecule has 1 aromatic rings. The van der Waals surface area contributed by atoms with Crippen molar-refractivity contribution in [2.45, 2.75) is 6.92 Å². The van der Waals surface area contributed by atoms with Crippen molar-refractivity contribution < 1.29 is 18.2 Å². The fourth-order valence-corrected chi connectivity index (χ4v) is 1.37. The molecule has 0 aliphatic carbocycles. The molecule has 0 heterocycles. The van der Waals surface area contributed by atoms with Crippen molar-refractivity contribution in [2.75, 3.05) is 0 Å². The average molecular weight is 231 g/mol. The van der Waals surface area contributed by atoms with Gasteiger partial charge in [0.1, 0.15) is 10.0 Å². The fourth-order valence-electron chi connectivity index (χ4n) is 0.789. The van der Waals surface area contributed by atoms with Crippen molar-refractivity contribution in [1.82, 2.24) is 0 Å². The molecule has 0 atom stereocenters. The topological polar surface area (TPSA) is 9.23 Å². The molecule has 1 aromatic carbocycles. The molecule has 0 spiro atoms. The lowest BCUT2D eigenvalue weighted by molar-refractivity contribution is -0.00666. The van der Waals surface area contributed by atoms with E-state index in [0.717, 1.165) is 6.92 Å². The Morgan fingerprint density at radius 2 is 1.46 bits per heavy atom. The van der Waals surface area contributed by atoms with Gasteiger partial charge in [-0.3, -0.25) is 4.94 Å². The van der Waals surface area contributed by atoms with Gasteiger partial charge in [0.2, 0.25) is 5.75 Å². The van der Waals surface area contributed by atoms with E-state index in [4.69, 9.17) is 23.2 Å². The third-order valence-corrected chi connectivity index (χ3v) is 2.19. The number of hydrogen-bond acceptors (Lipinski definition) is 1. The molecular formula is C7H3Cl2F3O. The lowest BCUT2D eigenvalue weighted by Crippen LogP contribution is -1.95. The molecule has 1 rings (SSSR count). The molecule has 0 aliphatic heterocycles. The molecule has 0 bridgehead atoms. The first-order chi connectivity index (χ1) is 6.00. The van der Waals surface area contributed by atoms with Crippen LogP contribution in [0.4, 0.5) is 13.3 Å². The lowest BCUT2D eigenvalue weighted by Gasteiger charge is -2.06. The summed E-state index contributed by atoms with van der Waals surface area (Å²) < 4.78 is 37.6. The van der Waals surface area contributed by atoms with Crippen LogP contribution in [-0.4, -0.2) is 0 Å². The monoisotopic (exact) mass is 230 g/mol. The van der Waals surface area contributed by atoms with Gasteiger partial charge in [-0.15, -0.1) is 0 Å². The molecule has 0 aliphatic rings. The third kappa shape index (κ3) is 1.56. The van der Waals surface area contributed by atoms with E-state index in [1.54, 1.807) is 0 Å². The second kappa shape index (κ2) is 3.64. The molecule has 1 nitrogen and oxygen atoms in total.